The van der Waals surface area contributed by atoms with Crippen molar-refractivity contribution < 1.29 is 12.8 Å². The third kappa shape index (κ3) is 3.28. The lowest BCUT2D eigenvalue weighted by Crippen LogP contribution is -2.49. The Kier molecular flexibility index (Phi) is 4.36. The van der Waals surface area contributed by atoms with Gasteiger partial charge in [-0.15, -0.1) is 0 Å². The standard InChI is InChI=1S/C17H17FN6O2S/c18-12-2-1-3-13(10-12)27(25,26)24-8-6-23(7-9-24)17-14-4-5-15(19)22-16(14)20-11-21-17/h1-5,10-11H,6-9H2,(H2,19,20,21,22). The first-order valence-corrected chi connectivity index (χ1v) is 9.77. The zero-order valence-corrected chi connectivity index (χ0v) is 15.1. The Morgan fingerprint density at radius 3 is 2.56 bits per heavy atom. The quantitative estimate of drug-likeness (QED) is 0.720. The molecule has 1 aliphatic rings. The van der Waals surface area contributed by atoms with Crippen LogP contribution in [-0.4, -0.2) is 53.9 Å². The number of hydrogen-bond acceptors (Lipinski definition) is 7. The number of nitrogen functional groups attached to an aromatic ring is 1. The molecule has 2 aromatic heterocycles. The van der Waals surface area contributed by atoms with Gasteiger partial charge in [-0.05, 0) is 30.3 Å². The average molecular weight is 388 g/mol. The van der Waals surface area contributed by atoms with Crippen LogP contribution >= 0.6 is 0 Å². The summed E-state index contributed by atoms with van der Waals surface area (Å²) >= 11 is 0. The SMILES string of the molecule is Nc1ccc2c(N3CCN(S(=O)(=O)c4cccc(F)c4)CC3)ncnc2n1. The molecule has 0 bridgehead atoms. The molecule has 2 N–H and O–H groups in total. The highest BCUT2D eigenvalue weighted by Gasteiger charge is 2.29. The van der Waals surface area contributed by atoms with E-state index in [1.54, 1.807) is 6.07 Å². The van der Waals surface area contributed by atoms with Crippen molar-refractivity contribution >= 4 is 32.7 Å². The van der Waals surface area contributed by atoms with Crippen molar-refractivity contribution in [3.63, 3.8) is 0 Å². The summed E-state index contributed by atoms with van der Waals surface area (Å²) < 4.78 is 40.2. The Morgan fingerprint density at radius 2 is 1.81 bits per heavy atom. The van der Waals surface area contributed by atoms with Gasteiger partial charge in [-0.2, -0.15) is 4.31 Å². The topological polar surface area (TPSA) is 105 Å². The van der Waals surface area contributed by atoms with E-state index in [9.17, 15) is 12.8 Å². The Balaban J connectivity index is 1.56. The molecule has 1 fully saturated rings. The zero-order valence-electron chi connectivity index (χ0n) is 14.3. The molecule has 0 aliphatic carbocycles. The number of rotatable bonds is 3. The van der Waals surface area contributed by atoms with Crippen LogP contribution < -0.4 is 10.6 Å². The Hall–Kier alpha value is -2.85. The van der Waals surface area contributed by atoms with Gasteiger partial charge in [0.1, 0.15) is 23.8 Å². The minimum atomic E-state index is -3.73. The second-order valence-corrected chi connectivity index (χ2v) is 8.09. The van der Waals surface area contributed by atoms with Gasteiger partial charge in [-0.1, -0.05) is 6.07 Å². The van der Waals surface area contributed by atoms with Gasteiger partial charge in [0.15, 0.2) is 5.65 Å². The molecule has 4 rings (SSSR count). The molecule has 0 saturated carbocycles. The van der Waals surface area contributed by atoms with Gasteiger partial charge >= 0.3 is 0 Å². The number of hydrogen-bond donors (Lipinski definition) is 1. The predicted octanol–water partition coefficient (Wildman–Crippen LogP) is 1.26. The van der Waals surface area contributed by atoms with E-state index in [-0.39, 0.29) is 18.0 Å². The summed E-state index contributed by atoms with van der Waals surface area (Å²) in [4.78, 5) is 14.6. The highest BCUT2D eigenvalue weighted by atomic mass is 32.2. The molecule has 1 saturated heterocycles. The molecule has 0 atom stereocenters. The second-order valence-electron chi connectivity index (χ2n) is 6.15. The number of piperazine rings is 1. The third-order valence-corrected chi connectivity index (χ3v) is 6.36. The Labute approximate surface area is 155 Å². The van der Waals surface area contributed by atoms with Crippen molar-refractivity contribution in [2.75, 3.05) is 36.8 Å². The van der Waals surface area contributed by atoms with Crippen molar-refractivity contribution in [1.82, 2.24) is 19.3 Å². The molecule has 0 unspecified atom stereocenters. The number of aromatic nitrogens is 3. The molecule has 3 heterocycles. The summed E-state index contributed by atoms with van der Waals surface area (Å²) in [7, 11) is -3.73. The number of nitrogens with zero attached hydrogens (tertiary/aromatic N) is 5. The summed E-state index contributed by atoms with van der Waals surface area (Å²) in [5.74, 6) is 0.488. The summed E-state index contributed by atoms with van der Waals surface area (Å²) in [6, 6.07) is 8.54. The molecule has 0 amide bonds. The molecule has 10 heteroatoms. The molecule has 140 valence electrons. The van der Waals surface area contributed by atoms with E-state index in [1.165, 1.54) is 28.8 Å². The minimum absolute atomic E-state index is 0.0388. The monoisotopic (exact) mass is 388 g/mol. The number of fused-ring (bicyclic) bond motifs is 1. The van der Waals surface area contributed by atoms with E-state index in [2.05, 4.69) is 15.0 Å². The normalized spacial score (nSPS) is 16.0. The molecule has 3 aromatic rings. The van der Waals surface area contributed by atoms with Crippen molar-refractivity contribution in [2.45, 2.75) is 4.90 Å². The van der Waals surface area contributed by atoms with Crippen LogP contribution in [0.3, 0.4) is 0 Å². The number of benzene rings is 1. The first-order valence-electron chi connectivity index (χ1n) is 8.33. The first kappa shape index (κ1) is 17.6. The van der Waals surface area contributed by atoms with Gasteiger partial charge in [0, 0.05) is 26.2 Å². The highest BCUT2D eigenvalue weighted by molar-refractivity contribution is 7.89. The predicted molar refractivity (Wildman–Crippen MR) is 99.1 cm³/mol. The van der Waals surface area contributed by atoms with Crippen LogP contribution in [0.2, 0.25) is 0 Å². The molecule has 8 nitrogen and oxygen atoms in total. The van der Waals surface area contributed by atoms with Gasteiger partial charge in [0.25, 0.3) is 0 Å². The number of halogens is 1. The summed E-state index contributed by atoms with van der Waals surface area (Å²) in [6.45, 7) is 1.44. The fraction of sp³-hybridized carbons (Fsp3) is 0.235. The summed E-state index contributed by atoms with van der Waals surface area (Å²) in [5, 5.41) is 0.758. The van der Waals surface area contributed by atoms with Crippen LogP contribution in [-0.2, 0) is 10.0 Å². The summed E-state index contributed by atoms with van der Waals surface area (Å²) in [5.41, 5.74) is 6.19. The van der Waals surface area contributed by atoms with Crippen molar-refractivity contribution in [2.24, 2.45) is 0 Å². The molecule has 27 heavy (non-hydrogen) atoms. The third-order valence-electron chi connectivity index (χ3n) is 4.47. The lowest BCUT2D eigenvalue weighted by Gasteiger charge is -2.35. The lowest BCUT2D eigenvalue weighted by atomic mass is 10.2. The molecule has 0 radical (unpaired) electrons. The largest absolute Gasteiger partial charge is 0.384 e. The highest BCUT2D eigenvalue weighted by Crippen LogP contribution is 2.25. The van der Waals surface area contributed by atoms with Crippen LogP contribution in [0.15, 0.2) is 47.6 Å². The van der Waals surface area contributed by atoms with Gasteiger partial charge < -0.3 is 10.6 Å². The van der Waals surface area contributed by atoms with E-state index in [0.717, 1.165) is 11.5 Å². The molecule has 0 spiro atoms. The van der Waals surface area contributed by atoms with E-state index in [4.69, 9.17) is 5.73 Å². The number of nitrogens with two attached hydrogens (primary N) is 1. The van der Waals surface area contributed by atoms with E-state index < -0.39 is 15.8 Å². The fourth-order valence-electron chi connectivity index (χ4n) is 3.11. The van der Waals surface area contributed by atoms with Crippen molar-refractivity contribution in [3.8, 4) is 0 Å². The maximum absolute atomic E-state index is 13.4. The maximum Gasteiger partial charge on any atom is 0.243 e. The molecule has 1 aromatic carbocycles. The van der Waals surface area contributed by atoms with E-state index >= 15 is 0 Å². The number of pyridine rings is 1. The van der Waals surface area contributed by atoms with Gasteiger partial charge in [0.2, 0.25) is 10.0 Å². The van der Waals surface area contributed by atoms with Gasteiger partial charge in [-0.3, -0.25) is 0 Å². The summed E-state index contributed by atoms with van der Waals surface area (Å²) in [6.07, 6.45) is 1.42. The van der Waals surface area contributed by atoms with Crippen LogP contribution in [0.4, 0.5) is 16.0 Å². The number of sulfonamides is 1. The average Bonchev–Trinajstić information content (AvgIpc) is 2.67. The molecular weight excluding hydrogens is 371 g/mol. The zero-order chi connectivity index (χ0) is 19.0. The van der Waals surface area contributed by atoms with E-state index in [1.807, 2.05) is 11.0 Å². The smallest absolute Gasteiger partial charge is 0.243 e. The Morgan fingerprint density at radius 1 is 1.04 bits per heavy atom. The van der Waals surface area contributed by atoms with Crippen LogP contribution in [0.1, 0.15) is 0 Å². The van der Waals surface area contributed by atoms with Gasteiger partial charge in [-0.25, -0.2) is 27.8 Å². The second kappa shape index (κ2) is 6.71. The maximum atomic E-state index is 13.4. The van der Waals surface area contributed by atoms with Crippen LogP contribution in [0.5, 0.6) is 0 Å². The Bertz CT molecular complexity index is 1100. The van der Waals surface area contributed by atoms with Crippen molar-refractivity contribution in [1.29, 1.82) is 0 Å². The van der Waals surface area contributed by atoms with E-state index in [0.29, 0.717) is 30.4 Å². The number of anilines is 2. The van der Waals surface area contributed by atoms with Crippen LogP contribution in [0, 0.1) is 5.82 Å². The van der Waals surface area contributed by atoms with Crippen LogP contribution in [0.25, 0.3) is 11.0 Å². The minimum Gasteiger partial charge on any atom is -0.384 e. The lowest BCUT2D eigenvalue weighted by molar-refractivity contribution is 0.384. The first-order chi connectivity index (χ1) is 12.9. The molecule has 1 aliphatic heterocycles. The fourth-order valence-corrected chi connectivity index (χ4v) is 4.57. The van der Waals surface area contributed by atoms with Crippen molar-refractivity contribution in [3.05, 3.63) is 48.5 Å². The molecular formula is C17H17FN6O2S. The van der Waals surface area contributed by atoms with Gasteiger partial charge in [0.05, 0.1) is 10.3 Å².